The minimum Gasteiger partial charge on any atom is -0.373 e. The topological polar surface area (TPSA) is 35.0 Å². The molecule has 0 N–H and O–H groups in total. The molecule has 0 amide bonds. The van der Waals surface area contributed by atoms with Crippen LogP contribution in [0.2, 0.25) is 0 Å². The monoisotopic (exact) mass is 178 g/mol. The Balaban J connectivity index is 2.10. The first-order valence-corrected chi connectivity index (χ1v) is 4.76. The quantitative estimate of drug-likeness (QED) is 0.660. The van der Waals surface area contributed by atoms with E-state index in [4.69, 9.17) is 4.74 Å². The summed E-state index contributed by atoms with van der Waals surface area (Å²) >= 11 is 0. The van der Waals surface area contributed by atoms with Crippen LogP contribution < -0.4 is 0 Å². The van der Waals surface area contributed by atoms with Crippen molar-refractivity contribution in [3.8, 4) is 0 Å². The Morgan fingerprint density at radius 3 is 2.69 bits per heavy atom. The molecule has 0 saturated carbocycles. The normalized spacial score (nSPS) is 23.0. The summed E-state index contributed by atoms with van der Waals surface area (Å²) in [5, 5.41) is 0. The number of hydrogen-bond donors (Lipinski definition) is 0. The van der Waals surface area contributed by atoms with Gasteiger partial charge in [-0.1, -0.05) is 0 Å². The van der Waals surface area contributed by atoms with Gasteiger partial charge in [0, 0.05) is 24.6 Å². The third-order valence-electron chi connectivity index (χ3n) is 2.35. The molecule has 1 aliphatic heterocycles. The van der Waals surface area contributed by atoms with E-state index in [2.05, 4.69) is 9.97 Å². The lowest BCUT2D eigenvalue weighted by Crippen LogP contribution is -2.12. The summed E-state index contributed by atoms with van der Waals surface area (Å²) in [6.45, 7) is 2.77. The molecule has 0 aliphatic carbocycles. The van der Waals surface area contributed by atoms with Gasteiger partial charge in [-0.25, -0.2) is 9.97 Å². The van der Waals surface area contributed by atoms with E-state index < -0.39 is 0 Å². The molecule has 70 valence electrons. The van der Waals surface area contributed by atoms with Crippen LogP contribution in [0.15, 0.2) is 12.4 Å². The average molecular weight is 178 g/mol. The summed E-state index contributed by atoms with van der Waals surface area (Å²) in [5.74, 6) is 0.819. The van der Waals surface area contributed by atoms with E-state index >= 15 is 0 Å². The fourth-order valence-corrected chi connectivity index (χ4v) is 1.57. The lowest BCUT2D eigenvalue weighted by molar-refractivity contribution is 0.0145. The SMILES string of the molecule is Cc1ncc(C2CCCCO2)cn1. The van der Waals surface area contributed by atoms with Crippen LogP contribution in [-0.2, 0) is 4.74 Å². The zero-order valence-electron chi connectivity index (χ0n) is 7.86. The number of nitrogens with zero attached hydrogens (tertiary/aromatic N) is 2. The highest BCUT2D eigenvalue weighted by atomic mass is 16.5. The van der Waals surface area contributed by atoms with Crippen LogP contribution in [0.4, 0.5) is 0 Å². The number of hydrogen-bond acceptors (Lipinski definition) is 3. The summed E-state index contributed by atoms with van der Waals surface area (Å²) in [4.78, 5) is 8.33. The largest absolute Gasteiger partial charge is 0.373 e. The van der Waals surface area contributed by atoms with Gasteiger partial charge in [0.2, 0.25) is 0 Å². The van der Waals surface area contributed by atoms with Gasteiger partial charge in [0.15, 0.2) is 0 Å². The second-order valence-corrected chi connectivity index (χ2v) is 3.42. The predicted octanol–water partition coefficient (Wildman–Crippen LogP) is 2.03. The van der Waals surface area contributed by atoms with E-state index in [9.17, 15) is 0 Å². The number of rotatable bonds is 1. The van der Waals surface area contributed by atoms with Crippen LogP contribution in [0.5, 0.6) is 0 Å². The van der Waals surface area contributed by atoms with Crippen LogP contribution >= 0.6 is 0 Å². The first-order chi connectivity index (χ1) is 6.36. The van der Waals surface area contributed by atoms with E-state index in [1.807, 2.05) is 19.3 Å². The van der Waals surface area contributed by atoms with Crippen LogP contribution in [-0.4, -0.2) is 16.6 Å². The molecule has 3 heteroatoms. The standard InChI is InChI=1S/C10H14N2O/c1-8-11-6-9(7-12-8)10-4-2-3-5-13-10/h6-7,10H,2-5H2,1H3. The minimum atomic E-state index is 0.231. The number of ether oxygens (including phenoxy) is 1. The van der Waals surface area contributed by atoms with Gasteiger partial charge in [0.25, 0.3) is 0 Å². The van der Waals surface area contributed by atoms with E-state index in [-0.39, 0.29) is 6.10 Å². The van der Waals surface area contributed by atoms with Gasteiger partial charge in [-0.2, -0.15) is 0 Å². The molecule has 2 heterocycles. The van der Waals surface area contributed by atoms with Crippen molar-refractivity contribution in [3.63, 3.8) is 0 Å². The molecule has 0 radical (unpaired) electrons. The Bertz CT molecular complexity index is 265. The molecule has 0 aromatic carbocycles. The number of aryl methyl sites for hydroxylation is 1. The molecule has 2 rings (SSSR count). The molecule has 0 bridgehead atoms. The molecule has 1 atom stereocenters. The molecule has 1 saturated heterocycles. The fraction of sp³-hybridized carbons (Fsp3) is 0.600. The van der Waals surface area contributed by atoms with Crippen molar-refractivity contribution in [3.05, 3.63) is 23.8 Å². The van der Waals surface area contributed by atoms with Gasteiger partial charge >= 0.3 is 0 Å². The summed E-state index contributed by atoms with van der Waals surface area (Å²) in [7, 11) is 0. The summed E-state index contributed by atoms with van der Waals surface area (Å²) in [6, 6.07) is 0. The van der Waals surface area contributed by atoms with Gasteiger partial charge in [0.1, 0.15) is 5.82 Å². The van der Waals surface area contributed by atoms with Crippen molar-refractivity contribution < 1.29 is 4.74 Å². The highest BCUT2D eigenvalue weighted by molar-refractivity contribution is 5.09. The Hall–Kier alpha value is -0.960. The van der Waals surface area contributed by atoms with Crippen molar-refractivity contribution in [1.82, 2.24) is 9.97 Å². The molecule has 1 fully saturated rings. The first-order valence-electron chi connectivity index (χ1n) is 4.76. The van der Waals surface area contributed by atoms with Gasteiger partial charge in [0.05, 0.1) is 6.10 Å². The van der Waals surface area contributed by atoms with Crippen LogP contribution in [0.1, 0.15) is 36.8 Å². The van der Waals surface area contributed by atoms with E-state index in [1.54, 1.807) is 0 Å². The Morgan fingerprint density at radius 2 is 2.08 bits per heavy atom. The van der Waals surface area contributed by atoms with Crippen molar-refractivity contribution >= 4 is 0 Å². The smallest absolute Gasteiger partial charge is 0.125 e. The molecule has 1 unspecified atom stereocenters. The average Bonchev–Trinajstić information content (AvgIpc) is 2.20. The molecular formula is C10H14N2O. The highest BCUT2D eigenvalue weighted by Crippen LogP contribution is 2.26. The summed E-state index contributed by atoms with van der Waals surface area (Å²) < 4.78 is 5.62. The molecular weight excluding hydrogens is 164 g/mol. The predicted molar refractivity (Wildman–Crippen MR) is 49.3 cm³/mol. The Kier molecular flexibility index (Phi) is 2.54. The third-order valence-corrected chi connectivity index (χ3v) is 2.35. The molecule has 1 aromatic rings. The maximum absolute atomic E-state index is 5.62. The maximum atomic E-state index is 5.62. The molecule has 0 spiro atoms. The summed E-state index contributed by atoms with van der Waals surface area (Å²) in [5.41, 5.74) is 1.12. The van der Waals surface area contributed by atoms with Crippen LogP contribution in [0.3, 0.4) is 0 Å². The second-order valence-electron chi connectivity index (χ2n) is 3.42. The van der Waals surface area contributed by atoms with Crippen molar-refractivity contribution in [1.29, 1.82) is 0 Å². The zero-order valence-corrected chi connectivity index (χ0v) is 7.86. The maximum Gasteiger partial charge on any atom is 0.125 e. The lowest BCUT2D eigenvalue weighted by Gasteiger charge is -2.22. The van der Waals surface area contributed by atoms with Gasteiger partial charge < -0.3 is 4.74 Å². The van der Waals surface area contributed by atoms with Gasteiger partial charge in [-0.05, 0) is 26.2 Å². The van der Waals surface area contributed by atoms with E-state index in [1.165, 1.54) is 12.8 Å². The minimum absolute atomic E-state index is 0.231. The second kappa shape index (κ2) is 3.83. The molecule has 1 aromatic heterocycles. The Morgan fingerprint density at radius 1 is 1.31 bits per heavy atom. The number of aromatic nitrogens is 2. The van der Waals surface area contributed by atoms with Crippen LogP contribution in [0.25, 0.3) is 0 Å². The molecule has 3 nitrogen and oxygen atoms in total. The Labute approximate surface area is 78.2 Å². The van der Waals surface area contributed by atoms with Gasteiger partial charge in [-0.15, -0.1) is 0 Å². The molecule has 1 aliphatic rings. The van der Waals surface area contributed by atoms with E-state index in [0.717, 1.165) is 24.4 Å². The van der Waals surface area contributed by atoms with Crippen molar-refractivity contribution in [2.24, 2.45) is 0 Å². The summed E-state index contributed by atoms with van der Waals surface area (Å²) in [6.07, 6.45) is 7.51. The van der Waals surface area contributed by atoms with Crippen molar-refractivity contribution in [2.45, 2.75) is 32.3 Å². The van der Waals surface area contributed by atoms with Gasteiger partial charge in [-0.3, -0.25) is 0 Å². The van der Waals surface area contributed by atoms with Crippen molar-refractivity contribution in [2.75, 3.05) is 6.61 Å². The lowest BCUT2D eigenvalue weighted by atomic mass is 10.0. The molecule has 13 heavy (non-hydrogen) atoms. The van der Waals surface area contributed by atoms with Crippen LogP contribution in [0, 0.1) is 6.92 Å². The fourth-order valence-electron chi connectivity index (χ4n) is 1.57. The zero-order chi connectivity index (χ0) is 9.10. The highest BCUT2D eigenvalue weighted by Gasteiger charge is 2.16. The first kappa shape index (κ1) is 8.63. The third kappa shape index (κ3) is 2.04. The van der Waals surface area contributed by atoms with E-state index in [0.29, 0.717) is 0 Å².